The number of rotatable bonds is 1. The van der Waals surface area contributed by atoms with Crippen molar-refractivity contribution in [2.75, 3.05) is 13.1 Å². The largest absolute Gasteiger partial charge is 0.336 e. The van der Waals surface area contributed by atoms with E-state index in [0.29, 0.717) is 24.7 Å². The van der Waals surface area contributed by atoms with E-state index in [1.54, 1.807) is 6.07 Å². The molecule has 2 aromatic rings. The van der Waals surface area contributed by atoms with Gasteiger partial charge in [-0.3, -0.25) is 14.7 Å². The highest BCUT2D eigenvalue weighted by atomic mass is 16.2. The molecule has 1 fully saturated rings. The predicted octanol–water partition coefficient (Wildman–Crippen LogP) is 1.32. The van der Waals surface area contributed by atoms with Gasteiger partial charge in [-0.15, -0.1) is 0 Å². The molecule has 2 bridgehead atoms. The molecule has 2 atom stereocenters. The molecule has 2 aromatic heterocycles. The van der Waals surface area contributed by atoms with Crippen molar-refractivity contribution in [2.24, 2.45) is 5.92 Å². The fourth-order valence-electron chi connectivity index (χ4n) is 4.71. The van der Waals surface area contributed by atoms with Crippen molar-refractivity contribution in [2.45, 2.75) is 38.1 Å². The summed E-state index contributed by atoms with van der Waals surface area (Å²) in [5, 5.41) is 7.33. The van der Waals surface area contributed by atoms with Crippen molar-refractivity contribution in [3.8, 4) is 0 Å². The van der Waals surface area contributed by atoms with Crippen LogP contribution in [-0.4, -0.2) is 38.7 Å². The smallest absolute Gasteiger partial charge is 0.274 e. The Labute approximate surface area is 139 Å². The molecule has 5 rings (SSSR count). The zero-order valence-corrected chi connectivity index (χ0v) is 13.5. The summed E-state index contributed by atoms with van der Waals surface area (Å²) in [5.41, 5.74) is 4.02. The summed E-state index contributed by atoms with van der Waals surface area (Å²) in [6, 6.07) is 5.48. The van der Waals surface area contributed by atoms with Gasteiger partial charge in [0.1, 0.15) is 0 Å². The molecule has 24 heavy (non-hydrogen) atoms. The van der Waals surface area contributed by atoms with Crippen LogP contribution in [0.1, 0.15) is 46.2 Å². The first-order valence-electron chi connectivity index (χ1n) is 8.76. The average molecular weight is 324 g/mol. The van der Waals surface area contributed by atoms with Crippen LogP contribution in [0.25, 0.3) is 0 Å². The van der Waals surface area contributed by atoms with E-state index in [1.807, 2.05) is 21.6 Å². The zero-order valence-electron chi connectivity index (χ0n) is 13.5. The first kappa shape index (κ1) is 14.0. The first-order valence-corrected chi connectivity index (χ1v) is 8.76. The molecule has 3 aliphatic rings. The molecule has 1 saturated heterocycles. The number of hydrogen-bond donors (Lipinski definition) is 1. The monoisotopic (exact) mass is 324 g/mol. The highest BCUT2D eigenvalue weighted by Crippen LogP contribution is 2.36. The Kier molecular flexibility index (Phi) is 2.96. The van der Waals surface area contributed by atoms with Crippen LogP contribution in [0.4, 0.5) is 0 Å². The number of carbonyl (C=O) groups is 1. The van der Waals surface area contributed by atoms with Crippen LogP contribution >= 0.6 is 0 Å². The van der Waals surface area contributed by atoms with Gasteiger partial charge in [0.15, 0.2) is 5.69 Å². The maximum atomic E-state index is 13.0. The second-order valence-corrected chi connectivity index (χ2v) is 7.29. The van der Waals surface area contributed by atoms with Crippen molar-refractivity contribution < 1.29 is 4.79 Å². The lowest BCUT2D eigenvalue weighted by molar-refractivity contribution is 0.0587. The van der Waals surface area contributed by atoms with Crippen LogP contribution < -0.4 is 5.56 Å². The third kappa shape index (κ3) is 1.98. The standard InChI is InChI=1S/C18H20N4O2/c23-16-6-2-5-15-12-7-11(9-22(15)16)8-21(10-12)18(24)17-13-3-1-4-14(13)19-20-17/h2,5-6,11-12H,1,3-4,7-10H2,(H,19,20)/t11-,12+/m0/s1. The summed E-state index contributed by atoms with van der Waals surface area (Å²) in [5.74, 6) is 0.658. The van der Waals surface area contributed by atoms with E-state index in [2.05, 4.69) is 10.2 Å². The number of likely N-dealkylation sites (tertiary alicyclic amines) is 1. The highest BCUT2D eigenvalue weighted by Gasteiger charge is 2.37. The molecule has 6 heteroatoms. The van der Waals surface area contributed by atoms with Gasteiger partial charge >= 0.3 is 0 Å². The number of piperidine rings is 1. The van der Waals surface area contributed by atoms with Gasteiger partial charge in [-0.05, 0) is 37.7 Å². The Balaban J connectivity index is 1.46. The number of carbonyl (C=O) groups excluding carboxylic acids is 1. The molecule has 0 unspecified atom stereocenters. The molecule has 1 N–H and O–H groups in total. The fraction of sp³-hybridized carbons (Fsp3) is 0.500. The van der Waals surface area contributed by atoms with Gasteiger partial charge in [-0.25, -0.2) is 0 Å². The molecule has 6 nitrogen and oxygen atoms in total. The van der Waals surface area contributed by atoms with Gasteiger partial charge < -0.3 is 9.47 Å². The Morgan fingerprint density at radius 1 is 1.21 bits per heavy atom. The molecule has 2 aliphatic heterocycles. The van der Waals surface area contributed by atoms with E-state index < -0.39 is 0 Å². The van der Waals surface area contributed by atoms with E-state index in [0.717, 1.165) is 49.2 Å². The summed E-state index contributed by atoms with van der Waals surface area (Å²) in [7, 11) is 0. The Morgan fingerprint density at radius 3 is 3.04 bits per heavy atom. The first-order chi connectivity index (χ1) is 11.7. The molecule has 0 radical (unpaired) electrons. The van der Waals surface area contributed by atoms with E-state index >= 15 is 0 Å². The van der Waals surface area contributed by atoms with Crippen molar-refractivity contribution in [3.63, 3.8) is 0 Å². The number of H-pyrrole nitrogens is 1. The van der Waals surface area contributed by atoms with Crippen LogP contribution in [-0.2, 0) is 19.4 Å². The number of aromatic amines is 1. The molecule has 0 aromatic carbocycles. The van der Waals surface area contributed by atoms with Gasteiger partial charge in [0.2, 0.25) is 0 Å². The van der Waals surface area contributed by atoms with Crippen LogP contribution in [0.3, 0.4) is 0 Å². The zero-order chi connectivity index (χ0) is 16.3. The van der Waals surface area contributed by atoms with Gasteiger partial charge in [0.25, 0.3) is 11.5 Å². The minimum Gasteiger partial charge on any atom is -0.336 e. The Hall–Kier alpha value is -2.37. The van der Waals surface area contributed by atoms with Gasteiger partial charge in [0, 0.05) is 48.6 Å². The molecule has 124 valence electrons. The van der Waals surface area contributed by atoms with Crippen molar-refractivity contribution in [3.05, 3.63) is 51.2 Å². The number of hydrogen-bond acceptors (Lipinski definition) is 3. The van der Waals surface area contributed by atoms with Gasteiger partial charge in [0.05, 0.1) is 0 Å². The van der Waals surface area contributed by atoms with Crippen LogP contribution in [0.15, 0.2) is 23.0 Å². The lowest BCUT2D eigenvalue weighted by Gasteiger charge is -2.42. The summed E-state index contributed by atoms with van der Waals surface area (Å²) in [6.07, 6.45) is 4.11. The summed E-state index contributed by atoms with van der Waals surface area (Å²) in [4.78, 5) is 27.1. The maximum Gasteiger partial charge on any atom is 0.274 e. The number of amides is 1. The second-order valence-electron chi connectivity index (χ2n) is 7.29. The molecule has 1 amide bonds. The van der Waals surface area contributed by atoms with E-state index in [-0.39, 0.29) is 17.4 Å². The van der Waals surface area contributed by atoms with Gasteiger partial charge in [-0.1, -0.05) is 6.07 Å². The summed E-state index contributed by atoms with van der Waals surface area (Å²) in [6.45, 7) is 2.12. The van der Waals surface area contributed by atoms with Crippen molar-refractivity contribution >= 4 is 5.91 Å². The minimum absolute atomic E-state index is 0.0517. The van der Waals surface area contributed by atoms with Crippen LogP contribution in [0.5, 0.6) is 0 Å². The number of nitrogens with zero attached hydrogens (tertiary/aromatic N) is 3. The molecule has 0 saturated carbocycles. The topological polar surface area (TPSA) is 71.0 Å². The maximum absolute atomic E-state index is 13.0. The Bertz CT molecular complexity index is 881. The van der Waals surface area contributed by atoms with Crippen molar-refractivity contribution in [1.29, 1.82) is 0 Å². The summed E-state index contributed by atoms with van der Waals surface area (Å²) >= 11 is 0. The second kappa shape index (κ2) is 5.06. The van der Waals surface area contributed by atoms with E-state index in [9.17, 15) is 9.59 Å². The van der Waals surface area contributed by atoms with Gasteiger partial charge in [-0.2, -0.15) is 5.10 Å². The SMILES string of the molecule is O=C(c1n[nH]c2c1CCC2)N1C[C@@H]2C[C@H](C1)c1cccc(=O)n1C2. The number of pyridine rings is 1. The van der Waals surface area contributed by atoms with Crippen LogP contribution in [0.2, 0.25) is 0 Å². The number of aromatic nitrogens is 3. The highest BCUT2D eigenvalue weighted by molar-refractivity contribution is 5.94. The summed E-state index contributed by atoms with van der Waals surface area (Å²) < 4.78 is 1.90. The predicted molar refractivity (Wildman–Crippen MR) is 88.1 cm³/mol. The third-order valence-electron chi connectivity index (χ3n) is 5.78. The Morgan fingerprint density at radius 2 is 2.12 bits per heavy atom. The lowest BCUT2D eigenvalue weighted by Crippen LogP contribution is -2.49. The van der Waals surface area contributed by atoms with E-state index in [4.69, 9.17) is 0 Å². The molecular weight excluding hydrogens is 304 g/mol. The van der Waals surface area contributed by atoms with E-state index in [1.165, 1.54) is 0 Å². The van der Waals surface area contributed by atoms with Crippen LogP contribution in [0, 0.1) is 5.92 Å². The number of fused-ring (bicyclic) bond motifs is 5. The lowest BCUT2D eigenvalue weighted by atomic mass is 9.83. The average Bonchev–Trinajstić information content (AvgIpc) is 3.18. The number of aryl methyl sites for hydroxylation is 1. The normalized spacial score (nSPS) is 24.6. The quantitative estimate of drug-likeness (QED) is 0.860. The molecule has 4 heterocycles. The fourth-order valence-corrected chi connectivity index (χ4v) is 4.71. The number of nitrogens with one attached hydrogen (secondary N) is 1. The minimum atomic E-state index is 0.0517. The molecule has 1 aliphatic carbocycles. The van der Waals surface area contributed by atoms with Crippen molar-refractivity contribution in [1.82, 2.24) is 19.7 Å². The third-order valence-corrected chi connectivity index (χ3v) is 5.78. The molecular formula is C18H20N4O2. The molecule has 0 spiro atoms.